The summed E-state index contributed by atoms with van der Waals surface area (Å²) in [5.74, 6) is -6.09. The van der Waals surface area contributed by atoms with Crippen molar-refractivity contribution >= 4 is 59.7 Å². The highest BCUT2D eigenvalue weighted by Crippen LogP contribution is 2.28. The number of carboxylic acid groups (broad SMARTS) is 1. The number of carboxylic acids is 1. The molecule has 0 radical (unpaired) electrons. The number of benzene rings is 1. The lowest BCUT2D eigenvalue weighted by molar-refractivity contribution is -0.145. The highest BCUT2D eigenvalue weighted by atomic mass is 16.4. The fraction of sp³-hybridized carbons (Fsp3) is 0.614. The van der Waals surface area contributed by atoms with E-state index in [0.29, 0.717) is 19.1 Å². The zero-order valence-corrected chi connectivity index (χ0v) is 35.9. The maximum atomic E-state index is 14.1. The highest BCUT2D eigenvalue weighted by Gasteiger charge is 2.40. The quantitative estimate of drug-likeness (QED) is 0.0589. The van der Waals surface area contributed by atoms with E-state index in [0.717, 1.165) is 37.7 Å². The minimum Gasteiger partial charge on any atom is -0.480 e. The van der Waals surface area contributed by atoms with E-state index in [9.17, 15) is 48.3 Å². The average Bonchev–Trinajstić information content (AvgIpc) is 3.71. The van der Waals surface area contributed by atoms with Crippen LogP contribution >= 0.6 is 0 Å². The van der Waals surface area contributed by atoms with Crippen molar-refractivity contribution in [3.63, 3.8) is 0 Å². The van der Waals surface area contributed by atoms with Crippen LogP contribution in [0.25, 0.3) is 6.08 Å². The van der Waals surface area contributed by atoms with E-state index < -0.39 is 90.0 Å². The smallest absolute Gasteiger partial charge is 0.326 e. The first-order valence-electron chi connectivity index (χ1n) is 21.5. The first-order valence-corrected chi connectivity index (χ1v) is 21.5. The van der Waals surface area contributed by atoms with Gasteiger partial charge in [0.15, 0.2) is 0 Å². The maximum Gasteiger partial charge on any atom is 0.326 e. The van der Waals surface area contributed by atoms with Crippen molar-refractivity contribution in [2.24, 2.45) is 23.5 Å². The number of aliphatic carboxylic acids is 1. The van der Waals surface area contributed by atoms with E-state index in [1.165, 1.54) is 11.0 Å². The number of amides is 7. The van der Waals surface area contributed by atoms with Crippen LogP contribution in [0.15, 0.2) is 36.4 Å². The molecule has 3 rings (SSSR count). The van der Waals surface area contributed by atoms with Crippen LogP contribution in [0.3, 0.4) is 0 Å². The summed E-state index contributed by atoms with van der Waals surface area (Å²) in [6.45, 7) is 7.54. The van der Waals surface area contributed by atoms with Crippen LogP contribution in [0.4, 0.5) is 0 Å². The largest absolute Gasteiger partial charge is 0.480 e. The first-order chi connectivity index (χ1) is 29.0. The molecule has 1 aromatic rings. The number of likely N-dealkylation sites (tertiary alicyclic amines) is 1. The normalized spacial score (nSPS) is 18.1. The van der Waals surface area contributed by atoms with E-state index in [1.807, 2.05) is 33.8 Å². The molecule has 17 nitrogen and oxygen atoms in total. The van der Waals surface area contributed by atoms with Crippen molar-refractivity contribution in [3.8, 4) is 0 Å². The topological polar surface area (TPSA) is 263 Å². The van der Waals surface area contributed by atoms with Gasteiger partial charge in [-0.2, -0.15) is 0 Å². The number of nitrogens with two attached hydrogens (primary N) is 1. The van der Waals surface area contributed by atoms with Gasteiger partial charge in [0.1, 0.15) is 42.5 Å². The van der Waals surface area contributed by atoms with Gasteiger partial charge < -0.3 is 47.1 Å². The minimum absolute atomic E-state index is 0.0159. The molecule has 336 valence electrons. The monoisotopic (exact) mass is 851 g/mol. The summed E-state index contributed by atoms with van der Waals surface area (Å²) in [7, 11) is 0. The summed E-state index contributed by atoms with van der Waals surface area (Å²) >= 11 is 0. The van der Waals surface area contributed by atoms with Crippen molar-refractivity contribution in [3.05, 3.63) is 42.0 Å². The van der Waals surface area contributed by atoms with Gasteiger partial charge >= 0.3 is 5.97 Å². The van der Waals surface area contributed by atoms with Crippen molar-refractivity contribution in [1.29, 1.82) is 0 Å². The molecule has 6 atom stereocenters. The van der Waals surface area contributed by atoms with Gasteiger partial charge in [-0.3, -0.25) is 33.6 Å². The number of hydrogen-bond donors (Lipinski definition) is 7. The van der Waals surface area contributed by atoms with E-state index in [4.69, 9.17) is 5.73 Å². The van der Waals surface area contributed by atoms with Crippen molar-refractivity contribution in [1.82, 2.24) is 31.5 Å². The van der Waals surface area contributed by atoms with Gasteiger partial charge in [-0.1, -0.05) is 90.1 Å². The molecule has 0 aromatic heterocycles. The Morgan fingerprint density at radius 1 is 0.738 bits per heavy atom. The number of primary amides is 1. The molecule has 0 spiro atoms. The van der Waals surface area contributed by atoms with Gasteiger partial charge in [0.25, 0.3) is 0 Å². The summed E-state index contributed by atoms with van der Waals surface area (Å²) < 4.78 is 0. The standard InChI is InChI=1S/C44H65N7O10/c1-27(2)24-34(43(59)51-22-11-16-36(51)42(58)50-35(44(60)61)25-28(3)4)49-40(56)32(21-23-52)47-41(57)33(26-30-14-9-6-10-15-30)48-39(55)31(18-19-37(45)53)46-38(54)20-17-29-12-7-5-8-13-29/h5,7-8,12-13,17,20,23,27-28,30-36H,6,9-11,14-16,18-19,21-22,24-26H2,1-4H3,(H2,45,53)(H,46,54)(H,47,57)(H,48,55)(H,49,56)(H,50,58)(H,60,61)/b20-17+/t31-,32-,33-,34-,35-,36-/m0/s1. The van der Waals surface area contributed by atoms with Crippen LogP contribution in [-0.4, -0.2) is 106 Å². The molecule has 8 N–H and O–H groups in total. The third kappa shape index (κ3) is 17.1. The van der Waals surface area contributed by atoms with Gasteiger partial charge in [0, 0.05) is 25.5 Å². The average molecular weight is 852 g/mol. The lowest BCUT2D eigenvalue weighted by Crippen LogP contribution is -2.59. The number of carbonyl (C=O) groups is 9. The van der Waals surface area contributed by atoms with Gasteiger partial charge in [0.05, 0.1) is 0 Å². The van der Waals surface area contributed by atoms with E-state index >= 15 is 0 Å². The molecule has 0 unspecified atom stereocenters. The lowest BCUT2D eigenvalue weighted by atomic mass is 9.84. The highest BCUT2D eigenvalue weighted by molar-refractivity contribution is 5.99. The molecule has 2 aliphatic rings. The van der Waals surface area contributed by atoms with Crippen LogP contribution < -0.4 is 32.3 Å². The molecule has 1 saturated heterocycles. The van der Waals surface area contributed by atoms with Crippen molar-refractivity contribution < 1.29 is 48.3 Å². The molecule has 0 bridgehead atoms. The molecule has 1 aromatic carbocycles. The molecular formula is C44H65N7O10. The van der Waals surface area contributed by atoms with Crippen LogP contribution in [-0.2, 0) is 43.2 Å². The molecule has 1 aliphatic carbocycles. The summed E-state index contributed by atoms with van der Waals surface area (Å²) in [6, 6.07) is 1.84. The van der Waals surface area contributed by atoms with Gasteiger partial charge in [0.2, 0.25) is 41.4 Å². The predicted molar refractivity (Wildman–Crippen MR) is 227 cm³/mol. The second kappa shape index (κ2) is 25.2. The van der Waals surface area contributed by atoms with Gasteiger partial charge in [-0.15, -0.1) is 0 Å². The molecule has 17 heteroatoms. The number of hydrogen-bond acceptors (Lipinski definition) is 9. The lowest BCUT2D eigenvalue weighted by Gasteiger charge is -2.31. The predicted octanol–water partition coefficient (Wildman–Crippen LogP) is 2.12. The molecule has 61 heavy (non-hydrogen) atoms. The molecule has 2 fully saturated rings. The third-order valence-electron chi connectivity index (χ3n) is 10.9. The van der Waals surface area contributed by atoms with Crippen molar-refractivity contribution in [2.75, 3.05) is 6.54 Å². The Morgan fingerprint density at radius 3 is 1.93 bits per heavy atom. The fourth-order valence-corrected chi connectivity index (χ4v) is 7.80. The number of rotatable bonds is 24. The number of carbonyl (C=O) groups excluding carboxylic acids is 8. The second-order valence-corrected chi connectivity index (χ2v) is 17.0. The third-order valence-corrected chi connectivity index (χ3v) is 10.9. The van der Waals surface area contributed by atoms with Crippen LogP contribution in [0, 0.1) is 17.8 Å². The first kappa shape index (κ1) is 49.8. The summed E-state index contributed by atoms with van der Waals surface area (Å²) in [5, 5.41) is 22.9. The molecule has 1 heterocycles. The maximum absolute atomic E-state index is 14.1. The second-order valence-electron chi connectivity index (χ2n) is 17.0. The van der Waals surface area contributed by atoms with Crippen LogP contribution in [0.5, 0.6) is 0 Å². The summed E-state index contributed by atoms with van der Waals surface area (Å²) in [5.41, 5.74) is 6.12. The van der Waals surface area contributed by atoms with Crippen molar-refractivity contribution in [2.45, 2.75) is 147 Å². The van der Waals surface area contributed by atoms with Gasteiger partial charge in [-0.25, -0.2) is 4.79 Å². The Labute approximate surface area is 358 Å². The summed E-state index contributed by atoms with van der Waals surface area (Å²) in [6.07, 6.45) is 8.21. The minimum atomic E-state index is -1.45. The van der Waals surface area contributed by atoms with E-state index in [2.05, 4.69) is 26.6 Å². The zero-order valence-electron chi connectivity index (χ0n) is 35.9. The number of nitrogens with zero attached hydrogens (tertiary/aromatic N) is 1. The fourth-order valence-electron chi connectivity index (χ4n) is 7.80. The van der Waals surface area contributed by atoms with Crippen LogP contribution in [0.1, 0.15) is 117 Å². The Morgan fingerprint density at radius 2 is 1.33 bits per heavy atom. The molecule has 1 saturated carbocycles. The molecule has 1 aliphatic heterocycles. The number of nitrogens with one attached hydrogen (secondary N) is 5. The Balaban J connectivity index is 1.81. The molecule has 7 amide bonds. The Hall–Kier alpha value is -5.61. The summed E-state index contributed by atoms with van der Waals surface area (Å²) in [4.78, 5) is 119. The number of aldehydes is 1. The van der Waals surface area contributed by atoms with E-state index in [1.54, 1.807) is 30.3 Å². The van der Waals surface area contributed by atoms with E-state index in [-0.39, 0.29) is 56.4 Å². The Kier molecular flexibility index (Phi) is 20.6. The van der Waals surface area contributed by atoms with Crippen LogP contribution in [0.2, 0.25) is 0 Å². The zero-order chi connectivity index (χ0) is 45.1. The van der Waals surface area contributed by atoms with Gasteiger partial charge in [-0.05, 0) is 67.9 Å². The SMILES string of the molecule is CC(C)C[C@H](NC(=O)[C@@H]1CCCN1C(=O)[C@H](CC(C)C)NC(=O)[C@H](CC=O)NC(=O)[C@H](CC1CCCCC1)NC(=O)[C@H](CCC(N)=O)NC(=O)/C=C/c1ccccc1)C(=O)O. The molecular weight excluding hydrogens is 787 g/mol. The Bertz CT molecular complexity index is 1710.